The van der Waals surface area contributed by atoms with Crippen LogP contribution in [0.2, 0.25) is 0 Å². The predicted octanol–water partition coefficient (Wildman–Crippen LogP) is -8.60. The third kappa shape index (κ3) is 100.0. The van der Waals surface area contributed by atoms with E-state index in [4.69, 9.17) is 107 Å². The quantitative estimate of drug-likeness (QED) is 0.0153. The summed E-state index contributed by atoms with van der Waals surface area (Å²) in [6.07, 6.45) is -4.21. The number of carboxylic acids is 7. The average Bonchev–Trinajstić information content (AvgIpc) is 0.907. The summed E-state index contributed by atoms with van der Waals surface area (Å²) >= 11 is 0. The summed E-state index contributed by atoms with van der Waals surface area (Å²) in [6, 6.07) is -3.86. The molecule has 0 aliphatic heterocycles. The number of ketones is 4. The molecule has 136 heavy (non-hydrogen) atoms. The van der Waals surface area contributed by atoms with Crippen LogP contribution in [0.15, 0.2) is 0 Å². The zero-order chi connectivity index (χ0) is 103. The van der Waals surface area contributed by atoms with Crippen molar-refractivity contribution in [1.29, 1.82) is 0 Å². The van der Waals surface area contributed by atoms with Crippen molar-refractivity contribution in [2.45, 2.75) is 116 Å². The highest BCUT2D eigenvalue weighted by Gasteiger charge is 2.27. The number of hydrogen-bond acceptors (Lipinski definition) is 38. The average molecular weight is 1990 g/mol. The van der Waals surface area contributed by atoms with Crippen molar-refractivity contribution in [2.24, 2.45) is 0 Å². The van der Waals surface area contributed by atoms with Gasteiger partial charge in [-0.05, 0) is 47.0 Å². The van der Waals surface area contributed by atoms with Gasteiger partial charge in [0.05, 0.1) is 151 Å². The SMILES string of the molecule is CC(=O)CCOCCOCCNC(=O)CCC(NC(=O)CC(=O)O)C(=O)O.CC(=O)COCCOCCNC(=O)COCCOCCNC(=O)CCC(CS(=O)(=O)O)NC(=O)CC(=O)O.CC(=O)COCCOCCNC(=O)COCCOCCNC(=O)CCC(NC(=O)CC(=O)O)C(=O)O.CC(=O)COCCOCCNC(=O)COCCOCCNC(=O)CN(CC(=O)O)C(=O)CC(=O)O. The molecule has 0 heterocycles. The number of aliphatic carboxylic acids is 7. The lowest BCUT2D eigenvalue weighted by molar-refractivity contribution is -0.150. The Labute approximate surface area is 781 Å². The molecule has 0 saturated heterocycles. The number of rotatable bonds is 85. The van der Waals surface area contributed by atoms with E-state index in [1.165, 1.54) is 27.7 Å². The zero-order valence-electron chi connectivity index (χ0n) is 76.3. The Balaban J connectivity index is -0.000000860. The molecule has 3 unspecified atom stereocenters. The van der Waals surface area contributed by atoms with Gasteiger partial charge in [0.2, 0.25) is 65.0 Å². The molecule has 3 atom stereocenters. The Kier molecular flexibility index (Phi) is 84.2. The predicted molar refractivity (Wildman–Crippen MR) is 458 cm³/mol. The van der Waals surface area contributed by atoms with E-state index in [0.717, 1.165) is 0 Å². The van der Waals surface area contributed by atoms with Crippen LogP contribution in [0.1, 0.15) is 98.3 Å². The fraction of sp³-hybridized carbons (Fsp3) is 0.718. The van der Waals surface area contributed by atoms with E-state index >= 15 is 0 Å². The molecular formula is C78H131N11O46S. The highest BCUT2D eigenvalue weighted by atomic mass is 32.2. The second-order valence-electron chi connectivity index (χ2n) is 27.7. The van der Waals surface area contributed by atoms with Crippen LogP contribution >= 0.6 is 0 Å². The molecule has 0 aromatic rings. The fourth-order valence-electron chi connectivity index (χ4n) is 9.13. The molecule has 0 spiro atoms. The lowest BCUT2D eigenvalue weighted by Crippen LogP contribution is -2.44. The number of amides is 11. The Bertz CT molecular complexity index is 3710. The van der Waals surface area contributed by atoms with Crippen molar-refractivity contribution in [1.82, 2.24) is 58.1 Å². The molecule has 0 aliphatic rings. The first-order chi connectivity index (χ1) is 64.3. The third-order valence-electron chi connectivity index (χ3n) is 15.1. The molecule has 58 heteroatoms. The number of ether oxygens (including phenoxy) is 14. The Morgan fingerprint density at radius 3 is 0.765 bits per heavy atom. The van der Waals surface area contributed by atoms with Gasteiger partial charge in [0.1, 0.15) is 96.3 Å². The van der Waals surface area contributed by atoms with Crippen LogP contribution in [0.4, 0.5) is 0 Å². The Morgan fingerprint density at radius 2 is 0.507 bits per heavy atom. The largest absolute Gasteiger partial charge is 0.481 e. The summed E-state index contributed by atoms with van der Waals surface area (Å²) in [6.45, 7) is 10.6. The molecule has 0 fully saturated rings. The highest BCUT2D eigenvalue weighted by molar-refractivity contribution is 7.85. The minimum absolute atomic E-state index is 0.0406. The number of carbonyl (C=O) groups is 22. The van der Waals surface area contributed by atoms with E-state index in [2.05, 4.69) is 47.9 Å². The Hall–Kier alpha value is -11.5. The number of Topliss-reactive ketones (excluding diaryl/α,β-unsaturated/α-hetero) is 4. The second-order valence-corrected chi connectivity index (χ2v) is 29.2. The van der Waals surface area contributed by atoms with Gasteiger partial charge in [-0.1, -0.05) is 0 Å². The molecule has 18 N–H and O–H groups in total. The van der Waals surface area contributed by atoms with Crippen LogP contribution in [0, 0.1) is 0 Å². The minimum atomic E-state index is -4.46. The van der Waals surface area contributed by atoms with Gasteiger partial charge in [-0.3, -0.25) is 100 Å². The number of carboxylic acid groups (broad SMARTS) is 7. The van der Waals surface area contributed by atoms with Gasteiger partial charge in [-0.15, -0.1) is 0 Å². The maximum Gasteiger partial charge on any atom is 0.326 e. The molecule has 11 amide bonds. The van der Waals surface area contributed by atoms with Crippen molar-refractivity contribution in [3.05, 3.63) is 0 Å². The number of carbonyl (C=O) groups excluding carboxylic acids is 15. The monoisotopic (exact) mass is 1990 g/mol. The van der Waals surface area contributed by atoms with Crippen LogP contribution < -0.4 is 53.2 Å². The van der Waals surface area contributed by atoms with E-state index in [0.29, 0.717) is 70.7 Å². The number of hydrogen-bond donors (Lipinski definition) is 18. The summed E-state index contributed by atoms with van der Waals surface area (Å²) in [5, 5.41) is 85.1. The van der Waals surface area contributed by atoms with E-state index < -0.39 is 162 Å². The Morgan fingerprint density at radius 1 is 0.257 bits per heavy atom. The zero-order valence-corrected chi connectivity index (χ0v) is 77.1. The molecular weight excluding hydrogens is 1860 g/mol. The molecule has 0 saturated carbocycles. The highest BCUT2D eigenvalue weighted by Crippen LogP contribution is 2.05. The van der Waals surface area contributed by atoms with Crippen LogP contribution in [-0.2, 0) is 182 Å². The standard InChI is InChI=1S/C21H37N3O13S.C21H35N3O12.C20H33N3O12.C16H26N2O9/c1-16(25)13-36-10-8-35-7-5-23-20(28)14-37-11-9-34-6-4-22-18(26)3-2-17(15-38(31,32)33)24-19(27)12-21(29)30;1-15(25)13-35-10-8-34-7-5-23-19(28)14-36-11-9-33-6-4-22-17(26)3-2-16(21(31)32)24-18(27)12-20(29)30;1-15(24)13-34-8-6-33-5-3-22-17(26)14-35-9-7-32-4-2-21-16(25)11-23(12-20(30)31)18(27)10-19(28)29;1-11(19)4-6-26-8-9-27-7-5-17-13(20)3-2-12(16(24)25)18-14(21)10-15(22)23/h17H,2-15H2,1H3,(H,22,26)(H,23,28)(H,24,27)(H,29,30)(H,31,32,33);16H,2-14H2,1H3,(H,22,26)(H,23,28)(H,24,27)(H,29,30)(H,31,32);2-14H2,1H3,(H,21,25)(H,22,26)(H,28,29)(H,30,31);12H,2-10H2,1H3,(H,17,20)(H,18,21)(H,22,23)(H,24,25). The first kappa shape index (κ1) is 131. The number of nitrogens with zero attached hydrogens (tertiary/aromatic N) is 1. The lowest BCUT2D eigenvalue weighted by atomic mass is 10.1. The summed E-state index contributed by atoms with van der Waals surface area (Å²) in [5.74, 6) is -17.6. The minimum Gasteiger partial charge on any atom is -0.481 e. The van der Waals surface area contributed by atoms with Crippen LogP contribution in [0.5, 0.6) is 0 Å². The maximum atomic E-state index is 11.9. The van der Waals surface area contributed by atoms with Crippen LogP contribution in [-0.4, -0.2) is 451 Å². The van der Waals surface area contributed by atoms with Crippen molar-refractivity contribution in [3.63, 3.8) is 0 Å². The van der Waals surface area contributed by atoms with Gasteiger partial charge in [0.15, 0.2) is 17.3 Å². The van der Waals surface area contributed by atoms with Gasteiger partial charge >= 0.3 is 41.8 Å². The first-order valence-electron chi connectivity index (χ1n) is 41.9. The lowest BCUT2D eigenvalue weighted by Gasteiger charge is -2.19. The molecule has 57 nitrogen and oxygen atoms in total. The van der Waals surface area contributed by atoms with Gasteiger partial charge < -0.3 is 160 Å². The van der Waals surface area contributed by atoms with Crippen molar-refractivity contribution in [3.8, 4) is 0 Å². The molecule has 0 aromatic carbocycles. The summed E-state index contributed by atoms with van der Waals surface area (Å²) < 4.78 is 103. The van der Waals surface area contributed by atoms with Crippen molar-refractivity contribution < 1.29 is 221 Å². The van der Waals surface area contributed by atoms with E-state index in [-0.39, 0.29) is 251 Å². The van der Waals surface area contributed by atoms with Gasteiger partial charge in [0.25, 0.3) is 10.1 Å². The van der Waals surface area contributed by atoms with Crippen LogP contribution in [0.3, 0.4) is 0 Å². The summed E-state index contributed by atoms with van der Waals surface area (Å²) in [7, 11) is -4.46. The maximum absolute atomic E-state index is 11.9. The van der Waals surface area contributed by atoms with E-state index in [9.17, 15) is 114 Å². The summed E-state index contributed by atoms with van der Waals surface area (Å²) in [5.41, 5.74) is 0. The topological polar surface area (TPSA) is 824 Å². The van der Waals surface area contributed by atoms with Crippen molar-refractivity contribution >= 4 is 140 Å². The molecule has 0 radical (unpaired) electrons. The molecule has 0 rings (SSSR count). The third-order valence-corrected chi connectivity index (χ3v) is 16.0. The molecule has 0 bridgehead atoms. The number of nitrogens with one attached hydrogen (secondary N) is 10. The normalized spacial score (nSPS) is 11.3. The van der Waals surface area contributed by atoms with Crippen molar-refractivity contribution in [2.75, 3.05) is 250 Å². The molecule has 780 valence electrons. The van der Waals surface area contributed by atoms with Gasteiger partial charge in [0, 0.05) is 77.5 Å². The van der Waals surface area contributed by atoms with Gasteiger partial charge in [-0.2, -0.15) is 8.42 Å². The summed E-state index contributed by atoms with van der Waals surface area (Å²) in [4.78, 5) is 246. The second kappa shape index (κ2) is 87.5. The van der Waals surface area contributed by atoms with Gasteiger partial charge in [-0.25, -0.2) is 9.59 Å². The smallest absolute Gasteiger partial charge is 0.326 e. The van der Waals surface area contributed by atoms with Crippen LogP contribution in [0.25, 0.3) is 0 Å². The first-order valence-corrected chi connectivity index (χ1v) is 43.5. The molecule has 0 aromatic heterocycles. The molecule has 0 aliphatic carbocycles. The van der Waals surface area contributed by atoms with E-state index in [1.807, 2.05) is 5.32 Å². The van der Waals surface area contributed by atoms with E-state index in [1.54, 1.807) is 0 Å². The fourth-order valence-corrected chi connectivity index (χ4v) is 9.88.